The van der Waals surface area contributed by atoms with Gasteiger partial charge in [-0.3, -0.25) is 0 Å². The zero-order chi connectivity index (χ0) is 11.7. The van der Waals surface area contributed by atoms with Crippen LogP contribution in [0.1, 0.15) is 12.8 Å². The van der Waals surface area contributed by atoms with Gasteiger partial charge in [0.2, 0.25) is 0 Å². The maximum Gasteiger partial charge on any atom is 0.0366 e. The van der Waals surface area contributed by atoms with E-state index < -0.39 is 0 Å². The van der Waals surface area contributed by atoms with Crippen molar-refractivity contribution in [3.8, 4) is 0 Å². The number of nitrogens with two attached hydrogens (primary N) is 1. The van der Waals surface area contributed by atoms with Crippen molar-refractivity contribution in [2.45, 2.75) is 18.9 Å². The lowest BCUT2D eigenvalue weighted by Gasteiger charge is -2.36. The third-order valence-electron chi connectivity index (χ3n) is 4.43. The Bertz CT molecular complexity index is 370. The van der Waals surface area contributed by atoms with Gasteiger partial charge in [-0.05, 0) is 38.1 Å². The second-order valence-electron chi connectivity index (χ2n) is 5.43. The highest BCUT2D eigenvalue weighted by molar-refractivity contribution is 5.48. The Morgan fingerprint density at radius 2 is 1.88 bits per heavy atom. The van der Waals surface area contributed by atoms with Crippen molar-refractivity contribution in [3.05, 3.63) is 30.3 Å². The molecule has 2 fully saturated rings. The van der Waals surface area contributed by atoms with Crippen molar-refractivity contribution in [1.29, 1.82) is 0 Å². The highest BCUT2D eigenvalue weighted by atomic mass is 15.2. The van der Waals surface area contributed by atoms with Crippen molar-refractivity contribution in [2.75, 3.05) is 31.1 Å². The van der Waals surface area contributed by atoms with Gasteiger partial charge < -0.3 is 16.0 Å². The molecule has 3 heteroatoms. The predicted molar refractivity (Wildman–Crippen MR) is 71.2 cm³/mol. The monoisotopic (exact) mass is 231 g/mol. The molecule has 92 valence electrons. The Morgan fingerprint density at radius 3 is 2.59 bits per heavy atom. The molecular formula is C14H21N3. The second kappa shape index (κ2) is 4.31. The zero-order valence-corrected chi connectivity index (χ0v) is 10.2. The molecule has 1 spiro atoms. The van der Waals surface area contributed by atoms with Gasteiger partial charge in [0.25, 0.3) is 0 Å². The third-order valence-corrected chi connectivity index (χ3v) is 4.43. The maximum absolute atomic E-state index is 6.40. The van der Waals surface area contributed by atoms with Crippen LogP contribution in [0.15, 0.2) is 30.3 Å². The minimum absolute atomic E-state index is 0.324. The van der Waals surface area contributed by atoms with Crippen LogP contribution in [0, 0.1) is 5.41 Å². The first-order valence-corrected chi connectivity index (χ1v) is 6.56. The van der Waals surface area contributed by atoms with Gasteiger partial charge in [0.05, 0.1) is 0 Å². The molecule has 3 N–H and O–H groups in total. The normalized spacial score (nSPS) is 27.6. The highest BCUT2D eigenvalue weighted by Crippen LogP contribution is 2.39. The van der Waals surface area contributed by atoms with E-state index in [1.54, 1.807) is 0 Å². The minimum atomic E-state index is 0.324. The fraction of sp³-hybridized carbons (Fsp3) is 0.571. The van der Waals surface area contributed by atoms with Crippen molar-refractivity contribution in [3.63, 3.8) is 0 Å². The van der Waals surface area contributed by atoms with Gasteiger partial charge in [-0.2, -0.15) is 0 Å². The van der Waals surface area contributed by atoms with E-state index in [4.69, 9.17) is 5.73 Å². The number of benzene rings is 1. The van der Waals surface area contributed by atoms with Gasteiger partial charge >= 0.3 is 0 Å². The molecule has 0 aliphatic carbocycles. The summed E-state index contributed by atoms with van der Waals surface area (Å²) in [5, 5.41) is 3.44. The van der Waals surface area contributed by atoms with Crippen LogP contribution >= 0.6 is 0 Å². The van der Waals surface area contributed by atoms with Gasteiger partial charge in [-0.25, -0.2) is 0 Å². The quantitative estimate of drug-likeness (QED) is 0.763. The molecule has 0 saturated carbocycles. The lowest BCUT2D eigenvalue weighted by molar-refractivity contribution is 0.205. The van der Waals surface area contributed by atoms with E-state index in [0.717, 1.165) is 26.2 Å². The molecule has 2 heterocycles. The molecule has 1 aromatic rings. The summed E-state index contributed by atoms with van der Waals surface area (Å²) in [6.07, 6.45) is 2.44. The smallest absolute Gasteiger partial charge is 0.0366 e. The number of nitrogens with one attached hydrogen (secondary N) is 1. The van der Waals surface area contributed by atoms with Crippen LogP contribution in [0.25, 0.3) is 0 Å². The molecule has 0 aromatic heterocycles. The SMILES string of the molecule is N[C@@H]1CN(c2ccccc2)CC12CCNCC2. The Kier molecular flexibility index (Phi) is 2.81. The van der Waals surface area contributed by atoms with Crippen molar-refractivity contribution >= 4 is 5.69 Å². The molecule has 3 nitrogen and oxygen atoms in total. The largest absolute Gasteiger partial charge is 0.369 e. The van der Waals surface area contributed by atoms with E-state index in [-0.39, 0.29) is 0 Å². The summed E-state index contributed by atoms with van der Waals surface area (Å²) in [7, 11) is 0. The van der Waals surface area contributed by atoms with Crippen LogP contribution in [0.5, 0.6) is 0 Å². The second-order valence-corrected chi connectivity index (χ2v) is 5.43. The number of anilines is 1. The van der Waals surface area contributed by atoms with E-state index in [1.807, 2.05) is 0 Å². The lowest BCUT2D eigenvalue weighted by Crippen LogP contribution is -2.47. The summed E-state index contributed by atoms with van der Waals surface area (Å²) in [6, 6.07) is 11.0. The molecule has 2 aliphatic heterocycles. The third kappa shape index (κ3) is 1.94. The Balaban J connectivity index is 1.79. The molecule has 0 radical (unpaired) electrons. The van der Waals surface area contributed by atoms with Crippen molar-refractivity contribution in [1.82, 2.24) is 5.32 Å². The molecule has 0 bridgehead atoms. The number of hydrogen-bond donors (Lipinski definition) is 2. The summed E-state index contributed by atoms with van der Waals surface area (Å²) >= 11 is 0. The minimum Gasteiger partial charge on any atom is -0.369 e. The summed E-state index contributed by atoms with van der Waals surface area (Å²) < 4.78 is 0. The number of hydrogen-bond acceptors (Lipinski definition) is 3. The van der Waals surface area contributed by atoms with Crippen LogP contribution in [-0.2, 0) is 0 Å². The fourth-order valence-electron chi connectivity index (χ4n) is 3.28. The Labute approximate surface area is 103 Å². The molecule has 0 amide bonds. The summed E-state index contributed by atoms with van der Waals surface area (Å²) in [5.74, 6) is 0. The van der Waals surface area contributed by atoms with E-state index in [0.29, 0.717) is 11.5 Å². The number of para-hydroxylation sites is 1. The van der Waals surface area contributed by atoms with Crippen molar-refractivity contribution in [2.24, 2.45) is 11.1 Å². The first kappa shape index (κ1) is 11.1. The maximum atomic E-state index is 6.40. The topological polar surface area (TPSA) is 41.3 Å². The molecule has 1 atom stereocenters. The number of rotatable bonds is 1. The van der Waals surface area contributed by atoms with Gasteiger partial charge in [0.15, 0.2) is 0 Å². The van der Waals surface area contributed by atoms with Gasteiger partial charge in [-0.1, -0.05) is 18.2 Å². The lowest BCUT2D eigenvalue weighted by atomic mass is 9.75. The van der Waals surface area contributed by atoms with Gasteiger partial charge in [0, 0.05) is 30.2 Å². The van der Waals surface area contributed by atoms with E-state index >= 15 is 0 Å². The van der Waals surface area contributed by atoms with Crippen LogP contribution in [0.4, 0.5) is 5.69 Å². The van der Waals surface area contributed by atoms with Crippen LogP contribution in [0.2, 0.25) is 0 Å². The molecule has 3 rings (SSSR count). The summed E-state index contributed by atoms with van der Waals surface area (Å²) in [5.41, 5.74) is 8.07. The number of nitrogens with zero attached hydrogens (tertiary/aromatic N) is 1. The molecule has 2 aliphatic rings. The standard InChI is InChI=1S/C14H21N3/c15-13-10-17(12-4-2-1-3-5-12)11-14(13)6-8-16-9-7-14/h1-5,13,16H,6-11,15H2/t13-/m1/s1. The average Bonchev–Trinajstić information content (AvgIpc) is 2.69. The Morgan fingerprint density at radius 1 is 1.18 bits per heavy atom. The zero-order valence-electron chi connectivity index (χ0n) is 10.2. The van der Waals surface area contributed by atoms with E-state index in [2.05, 4.69) is 40.5 Å². The van der Waals surface area contributed by atoms with E-state index in [9.17, 15) is 0 Å². The molecule has 2 saturated heterocycles. The highest BCUT2D eigenvalue weighted by Gasteiger charge is 2.45. The van der Waals surface area contributed by atoms with Crippen LogP contribution in [0.3, 0.4) is 0 Å². The van der Waals surface area contributed by atoms with Crippen LogP contribution < -0.4 is 16.0 Å². The predicted octanol–water partition coefficient (Wildman–Crippen LogP) is 1.20. The summed E-state index contributed by atoms with van der Waals surface area (Å²) in [6.45, 7) is 4.37. The fourth-order valence-corrected chi connectivity index (χ4v) is 3.28. The first-order valence-electron chi connectivity index (χ1n) is 6.56. The van der Waals surface area contributed by atoms with Crippen molar-refractivity contribution < 1.29 is 0 Å². The first-order chi connectivity index (χ1) is 8.30. The summed E-state index contributed by atoms with van der Waals surface area (Å²) in [4.78, 5) is 2.45. The number of piperidine rings is 1. The Hall–Kier alpha value is -1.06. The molecule has 1 aromatic carbocycles. The van der Waals surface area contributed by atoms with E-state index in [1.165, 1.54) is 18.5 Å². The molecular weight excluding hydrogens is 210 g/mol. The van der Waals surface area contributed by atoms with Gasteiger partial charge in [0.1, 0.15) is 0 Å². The average molecular weight is 231 g/mol. The molecule has 17 heavy (non-hydrogen) atoms. The van der Waals surface area contributed by atoms with Crippen LogP contribution in [-0.4, -0.2) is 32.2 Å². The molecule has 0 unspecified atom stereocenters. The van der Waals surface area contributed by atoms with Gasteiger partial charge in [-0.15, -0.1) is 0 Å².